The molecule has 154 valence electrons. The van der Waals surface area contributed by atoms with Crippen LogP contribution in [0.3, 0.4) is 0 Å². The molecule has 1 saturated heterocycles. The average molecular weight is 387 g/mol. The van der Waals surface area contributed by atoms with Crippen LogP contribution in [0.15, 0.2) is 18.2 Å². The van der Waals surface area contributed by atoms with E-state index in [1.54, 1.807) is 4.90 Å². The molecule has 1 fully saturated rings. The molecule has 0 aromatic heterocycles. The van der Waals surface area contributed by atoms with Gasteiger partial charge in [-0.25, -0.2) is 0 Å². The van der Waals surface area contributed by atoms with Gasteiger partial charge in [0, 0.05) is 26.1 Å². The van der Waals surface area contributed by atoms with Crippen LogP contribution in [0.25, 0.3) is 0 Å². The molecule has 1 aromatic carbocycles. The van der Waals surface area contributed by atoms with Gasteiger partial charge in [-0.2, -0.15) is 0 Å². The number of carbonyl (C=O) groups excluding carboxylic acids is 2. The quantitative estimate of drug-likeness (QED) is 0.738. The van der Waals surface area contributed by atoms with Crippen LogP contribution < -0.4 is 9.64 Å². The van der Waals surface area contributed by atoms with Crippen molar-refractivity contribution < 1.29 is 14.3 Å². The van der Waals surface area contributed by atoms with Crippen molar-refractivity contribution in [2.24, 2.45) is 5.92 Å². The summed E-state index contributed by atoms with van der Waals surface area (Å²) in [7, 11) is 0. The van der Waals surface area contributed by atoms with E-state index >= 15 is 0 Å². The third-order valence-electron chi connectivity index (χ3n) is 6.48. The van der Waals surface area contributed by atoms with Crippen LogP contribution in [0.4, 0.5) is 5.69 Å². The Hall–Kier alpha value is -2.04. The molecule has 0 saturated carbocycles. The van der Waals surface area contributed by atoms with Gasteiger partial charge in [0.25, 0.3) is 5.91 Å². The summed E-state index contributed by atoms with van der Waals surface area (Å²) in [5, 5.41) is 0. The molecule has 0 bridgehead atoms. The summed E-state index contributed by atoms with van der Waals surface area (Å²) in [6.07, 6.45) is 4.38. The SMILES string of the molecule is CCC(C)(C)c1ccc2c(c1)N(CCCC(=O)N1CCC(C)CC1)C(=O)CO2. The Morgan fingerprint density at radius 1 is 1.25 bits per heavy atom. The Morgan fingerprint density at radius 3 is 2.64 bits per heavy atom. The molecule has 5 heteroatoms. The van der Waals surface area contributed by atoms with Crippen LogP contribution >= 0.6 is 0 Å². The molecule has 0 spiro atoms. The Morgan fingerprint density at radius 2 is 1.96 bits per heavy atom. The number of hydrogen-bond donors (Lipinski definition) is 0. The van der Waals surface area contributed by atoms with E-state index in [1.165, 1.54) is 5.56 Å². The van der Waals surface area contributed by atoms with E-state index < -0.39 is 0 Å². The highest BCUT2D eigenvalue weighted by atomic mass is 16.5. The Kier molecular flexibility index (Phi) is 6.31. The molecule has 2 amide bonds. The number of piperidine rings is 1. The van der Waals surface area contributed by atoms with Gasteiger partial charge in [-0.1, -0.05) is 33.8 Å². The summed E-state index contributed by atoms with van der Waals surface area (Å²) in [5.74, 6) is 1.66. The summed E-state index contributed by atoms with van der Waals surface area (Å²) in [6, 6.07) is 6.16. The number of carbonyl (C=O) groups is 2. The standard InChI is InChI=1S/C23H34N2O3/c1-5-23(3,4)18-8-9-20-19(15-18)25(22(27)16-28-20)12-6-7-21(26)24-13-10-17(2)11-14-24/h8-9,15,17H,5-7,10-14,16H2,1-4H3. The van der Waals surface area contributed by atoms with E-state index in [4.69, 9.17) is 4.74 Å². The van der Waals surface area contributed by atoms with Gasteiger partial charge in [-0.05, 0) is 54.7 Å². The van der Waals surface area contributed by atoms with Crippen molar-refractivity contribution in [3.8, 4) is 5.75 Å². The van der Waals surface area contributed by atoms with E-state index in [-0.39, 0.29) is 23.8 Å². The topological polar surface area (TPSA) is 49.9 Å². The lowest BCUT2D eigenvalue weighted by atomic mass is 9.82. The smallest absolute Gasteiger partial charge is 0.265 e. The average Bonchev–Trinajstić information content (AvgIpc) is 2.69. The zero-order valence-electron chi connectivity index (χ0n) is 17.8. The molecular weight excluding hydrogens is 352 g/mol. The van der Waals surface area contributed by atoms with Crippen molar-refractivity contribution in [3.63, 3.8) is 0 Å². The second-order valence-electron chi connectivity index (χ2n) is 8.92. The maximum absolute atomic E-state index is 12.5. The number of hydrogen-bond acceptors (Lipinski definition) is 3. The third kappa shape index (κ3) is 4.50. The maximum Gasteiger partial charge on any atom is 0.265 e. The van der Waals surface area contributed by atoms with Gasteiger partial charge >= 0.3 is 0 Å². The van der Waals surface area contributed by atoms with Gasteiger partial charge in [0.2, 0.25) is 5.91 Å². The van der Waals surface area contributed by atoms with Crippen LogP contribution in [0, 0.1) is 5.92 Å². The number of fused-ring (bicyclic) bond motifs is 1. The monoisotopic (exact) mass is 386 g/mol. The van der Waals surface area contributed by atoms with Gasteiger partial charge in [0.1, 0.15) is 5.75 Å². The first-order valence-electron chi connectivity index (χ1n) is 10.7. The highest BCUT2D eigenvalue weighted by molar-refractivity contribution is 5.98. The number of anilines is 1. The number of benzene rings is 1. The molecule has 2 aliphatic rings. The van der Waals surface area contributed by atoms with E-state index in [0.717, 1.165) is 43.8 Å². The zero-order chi connectivity index (χ0) is 20.3. The molecule has 0 aliphatic carbocycles. The minimum absolute atomic E-state index is 0.0294. The number of amides is 2. The fraction of sp³-hybridized carbons (Fsp3) is 0.652. The second kappa shape index (κ2) is 8.54. The summed E-state index contributed by atoms with van der Waals surface area (Å²) < 4.78 is 5.63. The molecule has 0 unspecified atom stereocenters. The van der Waals surface area contributed by atoms with Crippen molar-refractivity contribution in [1.82, 2.24) is 4.90 Å². The first-order valence-corrected chi connectivity index (χ1v) is 10.7. The molecule has 5 nitrogen and oxygen atoms in total. The predicted octanol–water partition coefficient (Wildman–Crippen LogP) is 4.14. The van der Waals surface area contributed by atoms with Crippen molar-refractivity contribution in [1.29, 1.82) is 0 Å². The van der Waals surface area contributed by atoms with E-state index in [2.05, 4.69) is 39.8 Å². The maximum atomic E-state index is 12.5. The number of nitrogens with zero attached hydrogens (tertiary/aromatic N) is 2. The molecule has 2 heterocycles. The van der Waals surface area contributed by atoms with Crippen molar-refractivity contribution in [2.75, 3.05) is 31.1 Å². The lowest BCUT2D eigenvalue weighted by molar-refractivity contribution is -0.132. The first kappa shape index (κ1) is 20.7. The summed E-state index contributed by atoms with van der Waals surface area (Å²) in [5.41, 5.74) is 2.09. The van der Waals surface area contributed by atoms with Gasteiger partial charge in [-0.3, -0.25) is 9.59 Å². The van der Waals surface area contributed by atoms with Crippen molar-refractivity contribution >= 4 is 17.5 Å². The summed E-state index contributed by atoms with van der Waals surface area (Å²) in [6.45, 7) is 11.2. The lowest BCUT2D eigenvalue weighted by Gasteiger charge is -2.33. The number of likely N-dealkylation sites (tertiary alicyclic amines) is 1. The Bertz CT molecular complexity index is 721. The lowest BCUT2D eigenvalue weighted by Crippen LogP contribution is -2.41. The van der Waals surface area contributed by atoms with Crippen molar-refractivity contribution in [3.05, 3.63) is 23.8 Å². The molecule has 2 aliphatic heterocycles. The summed E-state index contributed by atoms with van der Waals surface area (Å²) in [4.78, 5) is 28.8. The number of rotatable bonds is 6. The van der Waals surface area contributed by atoms with Crippen LogP contribution in [0.1, 0.15) is 65.4 Å². The third-order valence-corrected chi connectivity index (χ3v) is 6.48. The van der Waals surface area contributed by atoms with Crippen LogP contribution in [0.2, 0.25) is 0 Å². The predicted molar refractivity (Wildman–Crippen MR) is 112 cm³/mol. The second-order valence-corrected chi connectivity index (χ2v) is 8.92. The molecule has 0 atom stereocenters. The van der Waals surface area contributed by atoms with Crippen molar-refractivity contribution in [2.45, 2.75) is 65.2 Å². The minimum atomic E-state index is -0.0294. The molecule has 0 N–H and O–H groups in total. The van der Waals surface area contributed by atoms with Crippen LogP contribution in [-0.2, 0) is 15.0 Å². The molecular formula is C23H34N2O3. The molecule has 1 aromatic rings. The van der Waals surface area contributed by atoms with Gasteiger partial charge < -0.3 is 14.5 Å². The van der Waals surface area contributed by atoms with Gasteiger partial charge in [0.05, 0.1) is 5.69 Å². The van der Waals surface area contributed by atoms with Gasteiger partial charge in [0.15, 0.2) is 6.61 Å². The van der Waals surface area contributed by atoms with E-state index in [1.807, 2.05) is 11.0 Å². The normalized spacial score (nSPS) is 18.1. The van der Waals surface area contributed by atoms with Crippen LogP contribution in [0.5, 0.6) is 5.75 Å². The Balaban J connectivity index is 1.65. The fourth-order valence-electron chi connectivity index (χ4n) is 3.88. The van der Waals surface area contributed by atoms with Crippen LogP contribution in [-0.4, -0.2) is 43.0 Å². The van der Waals surface area contributed by atoms with E-state index in [9.17, 15) is 9.59 Å². The molecule has 0 radical (unpaired) electrons. The highest BCUT2D eigenvalue weighted by Crippen LogP contribution is 2.37. The highest BCUT2D eigenvalue weighted by Gasteiger charge is 2.28. The number of ether oxygens (including phenoxy) is 1. The first-order chi connectivity index (χ1) is 13.3. The van der Waals surface area contributed by atoms with E-state index in [0.29, 0.717) is 25.3 Å². The largest absolute Gasteiger partial charge is 0.482 e. The molecule has 3 rings (SSSR count). The summed E-state index contributed by atoms with van der Waals surface area (Å²) >= 11 is 0. The fourth-order valence-corrected chi connectivity index (χ4v) is 3.88. The zero-order valence-corrected chi connectivity index (χ0v) is 17.8. The van der Waals surface area contributed by atoms with Gasteiger partial charge in [-0.15, -0.1) is 0 Å². The minimum Gasteiger partial charge on any atom is -0.482 e. The molecule has 28 heavy (non-hydrogen) atoms. The Labute approximate surface area is 169 Å².